The fourth-order valence-electron chi connectivity index (χ4n) is 3.69. The Kier molecular flexibility index (Phi) is 4.58. The number of hydrogen-bond donors (Lipinski definition) is 0. The average Bonchev–Trinajstić information content (AvgIpc) is 3.28. The fourth-order valence-corrected chi connectivity index (χ4v) is 4.55. The van der Waals surface area contributed by atoms with Crippen LogP contribution in [-0.2, 0) is 4.79 Å². The van der Waals surface area contributed by atoms with Crippen LogP contribution in [-0.4, -0.2) is 34.9 Å². The maximum absolute atomic E-state index is 13.2. The number of hydrogen-bond acceptors (Lipinski definition) is 6. The normalized spacial score (nSPS) is 20.1. The highest BCUT2D eigenvalue weighted by Gasteiger charge is 2.41. The molecule has 0 saturated heterocycles. The van der Waals surface area contributed by atoms with Gasteiger partial charge in [0.05, 0.1) is 10.9 Å². The minimum absolute atomic E-state index is 0. The second-order valence-electron chi connectivity index (χ2n) is 6.72. The first-order valence-corrected chi connectivity index (χ1v) is 9.70. The van der Waals surface area contributed by atoms with Gasteiger partial charge < -0.3 is 9.64 Å². The van der Waals surface area contributed by atoms with Crippen LogP contribution in [0.15, 0.2) is 48.1 Å². The van der Waals surface area contributed by atoms with E-state index >= 15 is 0 Å². The predicted octanol–water partition coefficient (Wildman–Crippen LogP) is 3.67. The van der Waals surface area contributed by atoms with E-state index in [1.165, 1.54) is 16.2 Å². The summed E-state index contributed by atoms with van der Waals surface area (Å²) in [5.74, 6) is 0.602. The van der Waals surface area contributed by atoms with Gasteiger partial charge in [-0.3, -0.25) is 19.5 Å². The molecular weight excluding hydrogens is 388 g/mol. The Morgan fingerprint density at radius 2 is 2.00 bits per heavy atom. The monoisotopic (exact) mass is 408 g/mol. The Hall–Kier alpha value is -3.26. The lowest BCUT2D eigenvalue weighted by atomic mass is 10.0. The molecule has 0 fully saturated rings. The number of carbonyl (C=O) groups is 2. The Morgan fingerprint density at radius 3 is 2.76 bits per heavy atom. The maximum atomic E-state index is 13.2. The van der Waals surface area contributed by atoms with Crippen molar-refractivity contribution < 1.29 is 14.3 Å². The minimum atomic E-state index is -0.620. The van der Waals surface area contributed by atoms with Gasteiger partial charge in [-0.05, 0) is 42.1 Å². The number of ether oxygens (including phenoxy) is 1. The van der Waals surface area contributed by atoms with Crippen molar-refractivity contribution >= 4 is 34.7 Å². The predicted molar refractivity (Wildman–Crippen MR) is 112 cm³/mol. The SMILES string of the molecule is C.C[C@H]1Oc2nc(N3C(=O)c4sccc4C3c3cccnc3)ccc2N(C)C1=O. The number of carbonyl (C=O) groups excluding carboxylic acids is 2. The third kappa shape index (κ3) is 2.79. The Morgan fingerprint density at radius 1 is 1.17 bits per heavy atom. The lowest BCUT2D eigenvalue weighted by Gasteiger charge is -2.31. The van der Waals surface area contributed by atoms with Gasteiger partial charge in [-0.15, -0.1) is 11.3 Å². The van der Waals surface area contributed by atoms with Crippen LogP contribution in [0, 0.1) is 0 Å². The van der Waals surface area contributed by atoms with Crippen molar-refractivity contribution in [1.82, 2.24) is 9.97 Å². The van der Waals surface area contributed by atoms with E-state index in [9.17, 15) is 9.59 Å². The Bertz CT molecular complexity index is 1100. The first-order valence-electron chi connectivity index (χ1n) is 8.82. The molecule has 0 bridgehead atoms. The molecule has 2 amide bonds. The fraction of sp³-hybridized carbons (Fsp3) is 0.238. The largest absolute Gasteiger partial charge is 0.463 e. The van der Waals surface area contributed by atoms with Gasteiger partial charge in [0, 0.05) is 25.0 Å². The van der Waals surface area contributed by atoms with Crippen LogP contribution in [0.5, 0.6) is 5.88 Å². The number of likely N-dealkylation sites (N-methyl/N-ethyl adjacent to an activating group) is 1. The van der Waals surface area contributed by atoms with E-state index in [2.05, 4.69) is 9.97 Å². The van der Waals surface area contributed by atoms with Crippen LogP contribution in [0.1, 0.15) is 41.2 Å². The smallest absolute Gasteiger partial charge is 0.270 e. The summed E-state index contributed by atoms with van der Waals surface area (Å²) in [6.45, 7) is 1.69. The van der Waals surface area contributed by atoms with Gasteiger partial charge in [-0.2, -0.15) is 4.98 Å². The van der Waals surface area contributed by atoms with Crippen molar-refractivity contribution in [2.45, 2.75) is 26.5 Å². The van der Waals surface area contributed by atoms with Crippen LogP contribution in [0.4, 0.5) is 11.5 Å². The molecule has 2 atom stereocenters. The molecule has 7 nitrogen and oxygen atoms in total. The van der Waals surface area contributed by atoms with Crippen molar-refractivity contribution in [3.05, 3.63) is 64.1 Å². The van der Waals surface area contributed by atoms with Crippen molar-refractivity contribution in [3.63, 3.8) is 0 Å². The van der Waals surface area contributed by atoms with Gasteiger partial charge in [0.15, 0.2) is 6.10 Å². The molecular formula is C21H20N4O3S. The molecule has 1 unspecified atom stereocenters. The molecule has 5 heterocycles. The van der Waals surface area contributed by atoms with Crippen molar-refractivity contribution in [2.24, 2.45) is 0 Å². The average molecular weight is 408 g/mol. The highest BCUT2D eigenvalue weighted by atomic mass is 32.1. The Labute approximate surface area is 172 Å². The van der Waals surface area contributed by atoms with Crippen molar-refractivity contribution in [1.29, 1.82) is 0 Å². The van der Waals surface area contributed by atoms with Crippen molar-refractivity contribution in [3.8, 4) is 5.88 Å². The summed E-state index contributed by atoms with van der Waals surface area (Å²) in [5.41, 5.74) is 2.45. The number of amides is 2. The molecule has 8 heteroatoms. The molecule has 2 aliphatic heterocycles. The van der Waals surface area contributed by atoms with E-state index in [4.69, 9.17) is 4.74 Å². The molecule has 0 saturated carbocycles. The first-order chi connectivity index (χ1) is 13.6. The quantitative estimate of drug-likeness (QED) is 0.647. The molecule has 3 aromatic rings. The third-order valence-electron chi connectivity index (χ3n) is 5.06. The zero-order chi connectivity index (χ0) is 19.4. The zero-order valence-corrected chi connectivity index (χ0v) is 16.0. The molecule has 0 radical (unpaired) electrons. The van der Waals surface area contributed by atoms with Gasteiger partial charge in [-0.1, -0.05) is 13.5 Å². The van der Waals surface area contributed by atoms with E-state index < -0.39 is 6.10 Å². The van der Waals surface area contributed by atoms with Crippen LogP contribution in [0.3, 0.4) is 0 Å². The van der Waals surface area contributed by atoms with E-state index in [0.29, 0.717) is 22.3 Å². The molecule has 29 heavy (non-hydrogen) atoms. The van der Waals surface area contributed by atoms with Crippen LogP contribution >= 0.6 is 11.3 Å². The summed E-state index contributed by atoms with van der Waals surface area (Å²) in [4.78, 5) is 38.0. The van der Waals surface area contributed by atoms with Gasteiger partial charge >= 0.3 is 0 Å². The molecule has 0 aromatic carbocycles. The molecule has 5 rings (SSSR count). The standard InChI is InChI=1S/C20H16N4O3S.CH4/c1-11-19(25)23(2)14-5-6-15(22-18(14)27-11)24-16(12-4-3-8-21-10-12)13-7-9-28-17(13)20(24)26;/h3-11,16H,1-2H3;1H4/t11-,16?;/m1./s1. The third-order valence-corrected chi connectivity index (χ3v) is 5.98. The number of anilines is 2. The van der Waals surface area contributed by atoms with Crippen LogP contribution in [0.25, 0.3) is 0 Å². The Balaban J connectivity index is 0.00000205. The second kappa shape index (κ2) is 6.97. The van der Waals surface area contributed by atoms with E-state index in [1.807, 2.05) is 23.6 Å². The topological polar surface area (TPSA) is 75.6 Å². The van der Waals surface area contributed by atoms with Crippen molar-refractivity contribution in [2.75, 3.05) is 16.8 Å². The van der Waals surface area contributed by atoms with Gasteiger partial charge in [0.25, 0.3) is 11.8 Å². The molecule has 0 aliphatic carbocycles. The maximum Gasteiger partial charge on any atom is 0.270 e. The molecule has 0 spiro atoms. The number of fused-ring (bicyclic) bond motifs is 2. The molecule has 2 aliphatic rings. The number of pyridine rings is 2. The van der Waals surface area contributed by atoms with E-state index in [1.54, 1.807) is 43.4 Å². The highest BCUT2D eigenvalue weighted by Crippen LogP contribution is 2.44. The number of thiophene rings is 1. The number of aromatic nitrogens is 2. The molecule has 3 aromatic heterocycles. The lowest BCUT2D eigenvalue weighted by Crippen LogP contribution is -2.42. The van der Waals surface area contributed by atoms with E-state index in [0.717, 1.165) is 11.1 Å². The molecule has 148 valence electrons. The van der Waals surface area contributed by atoms with Gasteiger partial charge in [-0.25, -0.2) is 0 Å². The number of rotatable bonds is 2. The molecule has 0 N–H and O–H groups in total. The van der Waals surface area contributed by atoms with Crippen LogP contribution < -0.4 is 14.5 Å². The first kappa shape index (κ1) is 19.1. The highest BCUT2D eigenvalue weighted by molar-refractivity contribution is 7.12. The summed E-state index contributed by atoms with van der Waals surface area (Å²) in [6, 6.07) is 9.00. The lowest BCUT2D eigenvalue weighted by molar-refractivity contribution is -0.125. The van der Waals surface area contributed by atoms with Gasteiger partial charge in [0.1, 0.15) is 11.5 Å². The summed E-state index contributed by atoms with van der Waals surface area (Å²) in [7, 11) is 1.69. The second-order valence-corrected chi connectivity index (χ2v) is 7.64. The minimum Gasteiger partial charge on any atom is -0.463 e. The summed E-state index contributed by atoms with van der Waals surface area (Å²) < 4.78 is 5.70. The summed E-state index contributed by atoms with van der Waals surface area (Å²) in [5, 5.41) is 1.93. The van der Waals surface area contributed by atoms with E-state index in [-0.39, 0.29) is 25.3 Å². The van der Waals surface area contributed by atoms with Crippen LogP contribution in [0.2, 0.25) is 0 Å². The zero-order valence-electron chi connectivity index (χ0n) is 15.2. The summed E-state index contributed by atoms with van der Waals surface area (Å²) in [6.07, 6.45) is 2.85. The van der Waals surface area contributed by atoms with Gasteiger partial charge in [0.2, 0.25) is 5.88 Å². The summed E-state index contributed by atoms with van der Waals surface area (Å²) >= 11 is 1.42. The number of nitrogens with zero attached hydrogens (tertiary/aromatic N) is 4.